The zero-order chi connectivity index (χ0) is 10.5. The van der Waals surface area contributed by atoms with Gasteiger partial charge in [0.05, 0.1) is 0 Å². The molecule has 0 aromatic carbocycles. The van der Waals surface area contributed by atoms with E-state index >= 15 is 0 Å². The van der Waals surface area contributed by atoms with E-state index in [9.17, 15) is 0 Å². The van der Waals surface area contributed by atoms with Gasteiger partial charge >= 0.3 is 0 Å². The normalized spacial score (nSPS) is 32.6. The van der Waals surface area contributed by atoms with Crippen molar-refractivity contribution in [2.45, 2.75) is 69.9 Å². The molecule has 2 aliphatic carbocycles. The molecule has 2 aliphatic rings. The monoisotopic (exact) mass is 210 g/mol. The van der Waals surface area contributed by atoms with Crippen molar-refractivity contribution in [1.82, 2.24) is 5.32 Å². The predicted octanol–water partition coefficient (Wildman–Crippen LogP) is 2.43. The lowest BCUT2D eigenvalue weighted by Crippen LogP contribution is -2.29. The lowest BCUT2D eigenvalue weighted by atomic mass is 10.0. The average molecular weight is 210 g/mol. The standard InChI is InChI=1S/C13H26N2/c14-12-7-8-13(10-12)15-9-3-6-11-4-1-2-5-11/h11-13,15H,1-10,14H2. The van der Waals surface area contributed by atoms with Gasteiger partial charge in [0.25, 0.3) is 0 Å². The second-order valence-electron chi connectivity index (χ2n) is 5.52. The first-order valence-electron chi connectivity index (χ1n) is 6.83. The van der Waals surface area contributed by atoms with Crippen molar-refractivity contribution < 1.29 is 0 Å². The van der Waals surface area contributed by atoms with Gasteiger partial charge in [0.2, 0.25) is 0 Å². The Kier molecular flexibility index (Phi) is 4.45. The summed E-state index contributed by atoms with van der Waals surface area (Å²) in [7, 11) is 0. The summed E-state index contributed by atoms with van der Waals surface area (Å²) < 4.78 is 0. The van der Waals surface area contributed by atoms with E-state index in [4.69, 9.17) is 5.73 Å². The Hall–Kier alpha value is -0.0800. The van der Waals surface area contributed by atoms with Crippen LogP contribution in [0.2, 0.25) is 0 Å². The van der Waals surface area contributed by atoms with Crippen molar-refractivity contribution in [2.24, 2.45) is 11.7 Å². The molecule has 0 aliphatic heterocycles. The Morgan fingerprint density at radius 1 is 1.07 bits per heavy atom. The average Bonchev–Trinajstić information content (AvgIpc) is 2.84. The molecule has 88 valence electrons. The largest absolute Gasteiger partial charge is 0.328 e. The van der Waals surface area contributed by atoms with Crippen molar-refractivity contribution >= 4 is 0 Å². The summed E-state index contributed by atoms with van der Waals surface area (Å²) in [6.45, 7) is 1.22. The van der Waals surface area contributed by atoms with Gasteiger partial charge in [-0.05, 0) is 44.6 Å². The molecule has 0 spiro atoms. The second kappa shape index (κ2) is 5.86. The molecule has 0 aromatic heterocycles. The van der Waals surface area contributed by atoms with Gasteiger partial charge in [0, 0.05) is 12.1 Å². The molecule has 2 atom stereocenters. The van der Waals surface area contributed by atoms with Gasteiger partial charge in [0.1, 0.15) is 0 Å². The minimum Gasteiger partial charge on any atom is -0.328 e. The van der Waals surface area contributed by atoms with Gasteiger partial charge < -0.3 is 11.1 Å². The molecular weight excluding hydrogens is 184 g/mol. The smallest absolute Gasteiger partial charge is 0.00823 e. The zero-order valence-electron chi connectivity index (χ0n) is 9.88. The summed E-state index contributed by atoms with van der Waals surface area (Å²) in [6.07, 6.45) is 12.5. The van der Waals surface area contributed by atoms with Crippen LogP contribution in [0.5, 0.6) is 0 Å². The van der Waals surface area contributed by atoms with Gasteiger partial charge in [-0.1, -0.05) is 25.7 Å². The van der Waals surface area contributed by atoms with Crippen molar-refractivity contribution in [3.63, 3.8) is 0 Å². The highest BCUT2D eigenvalue weighted by atomic mass is 14.9. The number of nitrogens with two attached hydrogens (primary N) is 1. The molecular formula is C13H26N2. The Morgan fingerprint density at radius 2 is 1.87 bits per heavy atom. The first-order chi connectivity index (χ1) is 7.34. The first-order valence-corrected chi connectivity index (χ1v) is 6.83. The molecule has 15 heavy (non-hydrogen) atoms. The summed E-state index contributed by atoms with van der Waals surface area (Å²) in [5.74, 6) is 1.05. The maximum Gasteiger partial charge on any atom is 0.00823 e. The van der Waals surface area contributed by atoms with Crippen molar-refractivity contribution in [1.29, 1.82) is 0 Å². The lowest BCUT2D eigenvalue weighted by molar-refractivity contribution is 0.444. The molecule has 2 heteroatoms. The van der Waals surface area contributed by atoms with Crippen LogP contribution in [0.25, 0.3) is 0 Å². The Labute approximate surface area is 94.0 Å². The van der Waals surface area contributed by atoms with Gasteiger partial charge in [-0.3, -0.25) is 0 Å². The van der Waals surface area contributed by atoms with E-state index in [0.717, 1.165) is 12.0 Å². The van der Waals surface area contributed by atoms with Crippen LogP contribution in [0.4, 0.5) is 0 Å². The van der Waals surface area contributed by atoms with Crippen LogP contribution in [-0.4, -0.2) is 18.6 Å². The lowest BCUT2D eigenvalue weighted by Gasteiger charge is -2.13. The predicted molar refractivity (Wildman–Crippen MR) is 64.8 cm³/mol. The highest BCUT2D eigenvalue weighted by Gasteiger charge is 2.21. The van der Waals surface area contributed by atoms with E-state index in [0.29, 0.717) is 6.04 Å². The Morgan fingerprint density at radius 3 is 2.53 bits per heavy atom. The number of hydrogen-bond acceptors (Lipinski definition) is 2. The van der Waals surface area contributed by atoms with E-state index in [2.05, 4.69) is 5.32 Å². The van der Waals surface area contributed by atoms with Crippen molar-refractivity contribution in [3.8, 4) is 0 Å². The number of rotatable bonds is 5. The van der Waals surface area contributed by atoms with Crippen LogP contribution in [0.15, 0.2) is 0 Å². The molecule has 2 nitrogen and oxygen atoms in total. The van der Waals surface area contributed by atoms with Gasteiger partial charge in [-0.15, -0.1) is 0 Å². The zero-order valence-corrected chi connectivity index (χ0v) is 9.88. The van der Waals surface area contributed by atoms with Gasteiger partial charge in [-0.2, -0.15) is 0 Å². The maximum atomic E-state index is 5.89. The molecule has 3 N–H and O–H groups in total. The minimum atomic E-state index is 0.470. The minimum absolute atomic E-state index is 0.470. The summed E-state index contributed by atoms with van der Waals surface area (Å²) in [4.78, 5) is 0. The van der Waals surface area contributed by atoms with Crippen LogP contribution >= 0.6 is 0 Å². The molecule has 0 heterocycles. The van der Waals surface area contributed by atoms with Crippen LogP contribution in [0, 0.1) is 5.92 Å². The van der Waals surface area contributed by atoms with Crippen LogP contribution in [0.3, 0.4) is 0 Å². The summed E-state index contributed by atoms with van der Waals surface area (Å²) in [6, 6.07) is 1.20. The molecule has 0 saturated heterocycles. The first kappa shape index (κ1) is 11.4. The second-order valence-corrected chi connectivity index (χ2v) is 5.52. The number of hydrogen-bond donors (Lipinski definition) is 2. The summed E-state index contributed by atoms with van der Waals surface area (Å²) in [5.41, 5.74) is 5.89. The van der Waals surface area contributed by atoms with Crippen LogP contribution in [0.1, 0.15) is 57.8 Å². The Bertz CT molecular complexity index is 175. The van der Waals surface area contributed by atoms with E-state index < -0.39 is 0 Å². The fourth-order valence-corrected chi connectivity index (χ4v) is 3.20. The van der Waals surface area contributed by atoms with E-state index in [1.165, 1.54) is 64.3 Å². The van der Waals surface area contributed by atoms with Gasteiger partial charge in [0.15, 0.2) is 0 Å². The van der Waals surface area contributed by atoms with Crippen molar-refractivity contribution in [3.05, 3.63) is 0 Å². The highest BCUT2D eigenvalue weighted by Crippen LogP contribution is 2.28. The topological polar surface area (TPSA) is 38.0 Å². The molecule has 0 aromatic rings. The molecule has 0 amide bonds. The molecule has 2 saturated carbocycles. The third-order valence-corrected chi connectivity index (χ3v) is 4.17. The molecule has 2 unspecified atom stereocenters. The van der Waals surface area contributed by atoms with E-state index in [1.54, 1.807) is 0 Å². The van der Waals surface area contributed by atoms with E-state index in [1.807, 2.05) is 0 Å². The maximum absolute atomic E-state index is 5.89. The molecule has 2 fully saturated rings. The summed E-state index contributed by atoms with van der Waals surface area (Å²) in [5, 5.41) is 3.66. The van der Waals surface area contributed by atoms with Crippen LogP contribution < -0.4 is 11.1 Å². The summed E-state index contributed by atoms with van der Waals surface area (Å²) >= 11 is 0. The van der Waals surface area contributed by atoms with Gasteiger partial charge in [-0.25, -0.2) is 0 Å². The SMILES string of the molecule is NC1CCC(NCCCC2CCCC2)C1. The Balaban J connectivity index is 1.48. The van der Waals surface area contributed by atoms with E-state index in [-0.39, 0.29) is 0 Å². The number of nitrogens with one attached hydrogen (secondary N) is 1. The van der Waals surface area contributed by atoms with Crippen LogP contribution in [-0.2, 0) is 0 Å². The quantitative estimate of drug-likeness (QED) is 0.684. The third kappa shape index (κ3) is 3.76. The molecule has 0 radical (unpaired) electrons. The van der Waals surface area contributed by atoms with Crippen molar-refractivity contribution in [2.75, 3.05) is 6.54 Å². The fourth-order valence-electron chi connectivity index (χ4n) is 3.20. The molecule has 2 rings (SSSR count). The highest BCUT2D eigenvalue weighted by molar-refractivity contribution is 4.82. The third-order valence-electron chi connectivity index (χ3n) is 4.17. The molecule has 0 bridgehead atoms. The fraction of sp³-hybridized carbons (Fsp3) is 1.00.